The van der Waals surface area contributed by atoms with Crippen molar-refractivity contribution in [3.63, 3.8) is 0 Å². The molecule has 0 amide bonds. The minimum absolute atomic E-state index is 0. The molecule has 55 valence electrons. The molecule has 0 aromatic carbocycles. The Bertz CT molecular complexity index is 53.3. The van der Waals surface area contributed by atoms with Crippen molar-refractivity contribution in [1.29, 1.82) is 0 Å². The van der Waals surface area contributed by atoms with Gasteiger partial charge in [-0.1, -0.05) is 6.54 Å². The largest absolute Gasteiger partial charge is 0.693 e. The average molecular weight is 321 g/mol. The molecule has 0 atom stereocenters. The average Bonchev–Trinajstić information content (AvgIpc) is 1.73. The summed E-state index contributed by atoms with van der Waals surface area (Å²) in [5.41, 5.74) is 6.06. The number of hydrogen-bond acceptors (Lipinski definition) is 1. The molecule has 0 saturated heterocycles. The number of nitrogens with one attached hydrogen (secondary N) is 1. The molecule has 0 aromatic rings. The number of hydrogen-bond donors (Lipinski definition) is 1. The third kappa shape index (κ3) is 32.7. The van der Waals surface area contributed by atoms with Crippen LogP contribution in [0.3, 0.4) is 0 Å². The fourth-order valence-electron chi connectivity index (χ4n) is 0. The fourth-order valence-corrected chi connectivity index (χ4v) is 0. The zero-order valence-electron chi connectivity index (χ0n) is 3.83. The van der Waals surface area contributed by atoms with Crippen molar-refractivity contribution in [2.75, 3.05) is 6.54 Å². The third-order valence-electron chi connectivity index (χ3n) is 0.151. The molecule has 6 heteroatoms. The second kappa shape index (κ2) is 15.7. The summed E-state index contributed by atoms with van der Waals surface area (Å²) in [5, 5.41) is 7.53. The van der Waals surface area contributed by atoms with Crippen LogP contribution in [0.25, 0.3) is 11.9 Å². The van der Waals surface area contributed by atoms with Crippen LogP contribution in [0.1, 0.15) is 0 Å². The number of rotatable bonds is 1. The Labute approximate surface area is 62.8 Å². The quantitative estimate of drug-likeness (QED) is 0.793. The van der Waals surface area contributed by atoms with Gasteiger partial charge in [0, 0.05) is 0 Å². The molecule has 0 aromatic heterocycles. The van der Waals surface area contributed by atoms with Crippen molar-refractivity contribution in [3.05, 3.63) is 11.9 Å². The zero-order chi connectivity index (χ0) is 6.28. The van der Waals surface area contributed by atoms with E-state index in [0.29, 0.717) is 0 Å². The van der Waals surface area contributed by atoms with Gasteiger partial charge < -0.3 is 17.0 Å². The first-order valence-electron chi connectivity index (χ1n) is 1.25. The zero-order valence-corrected chi connectivity index (χ0v) is 6.86. The maximum Gasteiger partial charge on any atom is 0.282 e. The van der Waals surface area contributed by atoms with Gasteiger partial charge in [0.1, 0.15) is 0 Å². The van der Waals surface area contributed by atoms with E-state index in [4.69, 9.17) is 10.8 Å². The van der Waals surface area contributed by atoms with Crippen LogP contribution in [-0.2, 0) is 23.6 Å². The summed E-state index contributed by atoms with van der Waals surface area (Å²) < 4.78 is 0. The Morgan fingerprint density at radius 1 is 1.75 bits per heavy atom. The van der Waals surface area contributed by atoms with Crippen LogP contribution in [0.5, 0.6) is 0 Å². The predicted molar refractivity (Wildman–Crippen MR) is 28.0 cm³/mol. The molecular weight excluding hydrogens is 315 g/mol. The summed E-state index contributed by atoms with van der Waals surface area (Å²) in [6.45, 7) is -0.528. The normalized spacial score (nSPS) is 5.50. The Balaban J connectivity index is -0.0000000750. The third-order valence-corrected chi connectivity index (χ3v) is 0.151. The van der Waals surface area contributed by atoms with E-state index in [1.807, 2.05) is 0 Å². The van der Waals surface area contributed by atoms with E-state index in [0.717, 1.165) is 0 Å². The van der Waals surface area contributed by atoms with Gasteiger partial charge in [-0.2, -0.15) is 0 Å². The summed E-state index contributed by atoms with van der Waals surface area (Å²) >= 11 is 1.61. The van der Waals surface area contributed by atoms with Crippen molar-refractivity contribution >= 4 is 15.4 Å². The first kappa shape index (κ1) is 15.8. The number of carboxylic acid groups (broad SMARTS) is 1. The van der Waals surface area contributed by atoms with Gasteiger partial charge in [-0.25, -0.2) is 0 Å². The molecule has 8 heavy (non-hydrogen) atoms. The standard InChI is InChI=1S/C2H4NO2.ClH.H2N.Pt/c3-1-2(4)5;;;/h3H,1H2,(H,4,5);1H;1H2;/q-1;;-1;+1/p-1. The summed E-state index contributed by atoms with van der Waals surface area (Å²) in [5.74, 6) is -1.08. The van der Waals surface area contributed by atoms with Crippen molar-refractivity contribution in [2.24, 2.45) is 0 Å². The molecule has 0 bridgehead atoms. The first-order valence-corrected chi connectivity index (χ1v) is 4.07. The van der Waals surface area contributed by atoms with E-state index < -0.39 is 12.5 Å². The molecule has 0 radical (unpaired) electrons. The Hall–Kier alpha value is 0.368. The van der Waals surface area contributed by atoms with E-state index in [1.54, 1.807) is 18.8 Å². The van der Waals surface area contributed by atoms with Crippen LogP contribution in [0.2, 0.25) is 0 Å². The van der Waals surface area contributed by atoms with Gasteiger partial charge in [-0.3, -0.25) is 4.79 Å². The van der Waals surface area contributed by atoms with Gasteiger partial charge in [0.25, 0.3) is 5.97 Å². The van der Waals surface area contributed by atoms with Gasteiger partial charge in [0.05, 0.1) is 0 Å². The van der Waals surface area contributed by atoms with Gasteiger partial charge in [-0.05, 0) is 0 Å². The number of carboxylic acids is 1. The molecule has 4 nitrogen and oxygen atoms in total. The molecule has 0 aliphatic heterocycles. The van der Waals surface area contributed by atoms with E-state index in [9.17, 15) is 4.79 Å². The maximum absolute atomic E-state index is 9.18. The molecule has 0 aliphatic carbocycles. The molecule has 4 N–H and O–H groups in total. The molecule has 0 heterocycles. The van der Waals surface area contributed by atoms with E-state index in [1.165, 1.54) is 0 Å². The monoisotopic (exact) mass is 320 g/mol. The molecular formula is C2H6ClN2O2Pt-2. The van der Waals surface area contributed by atoms with Crippen molar-refractivity contribution in [3.8, 4) is 0 Å². The first-order chi connectivity index (χ1) is 3.27. The number of halogens is 1. The van der Waals surface area contributed by atoms with E-state index >= 15 is 0 Å². The summed E-state index contributed by atoms with van der Waals surface area (Å²) in [6, 6.07) is 0. The molecule has 0 spiro atoms. The van der Waals surface area contributed by atoms with Crippen LogP contribution in [-0.4, -0.2) is 17.6 Å². The van der Waals surface area contributed by atoms with Gasteiger partial charge in [-0.15, -0.1) is 0 Å². The molecule has 0 fully saturated rings. The molecule has 0 rings (SSSR count). The smallest absolute Gasteiger partial charge is 0.282 e. The van der Waals surface area contributed by atoms with E-state index in [-0.39, 0.29) is 6.15 Å². The van der Waals surface area contributed by atoms with Crippen molar-refractivity contribution in [2.45, 2.75) is 0 Å². The summed E-state index contributed by atoms with van der Waals surface area (Å²) in [7, 11) is 4.61. The van der Waals surface area contributed by atoms with Gasteiger partial charge in [0.2, 0.25) is 0 Å². The fraction of sp³-hybridized carbons (Fsp3) is 0.500. The number of nitrogens with two attached hydrogens (primary N) is 1. The molecule has 0 unspecified atom stereocenters. The maximum atomic E-state index is 9.18. The Kier molecular flexibility index (Phi) is 30.9. The minimum Gasteiger partial charge on any atom is -0.693 e. The van der Waals surface area contributed by atoms with Crippen LogP contribution < -0.4 is 0 Å². The van der Waals surface area contributed by atoms with E-state index in [2.05, 4.69) is 9.42 Å². The summed E-state index contributed by atoms with van der Waals surface area (Å²) in [6.07, 6.45) is 0. The van der Waals surface area contributed by atoms with Crippen LogP contribution >= 0.6 is 9.42 Å². The minimum atomic E-state index is -1.08. The van der Waals surface area contributed by atoms with Crippen LogP contribution in [0.4, 0.5) is 0 Å². The second-order valence-electron chi connectivity index (χ2n) is 0.571. The SMILES string of the molecule is [Cl][Pt].[NH-]CC(=O)O.[NH2-]. The van der Waals surface area contributed by atoms with Crippen LogP contribution in [0.15, 0.2) is 0 Å². The van der Waals surface area contributed by atoms with Crippen LogP contribution in [0, 0.1) is 0 Å². The number of carbonyl (C=O) groups is 1. The molecule has 0 aliphatic rings. The molecule has 0 saturated carbocycles. The number of aliphatic carboxylic acids is 1. The Morgan fingerprint density at radius 2 is 1.88 bits per heavy atom. The Morgan fingerprint density at radius 3 is 1.88 bits per heavy atom. The predicted octanol–water partition coefficient (Wildman–Crippen LogP) is 1.53. The summed E-state index contributed by atoms with van der Waals surface area (Å²) in [4.78, 5) is 9.18. The van der Waals surface area contributed by atoms with Gasteiger partial charge in [0.15, 0.2) is 0 Å². The van der Waals surface area contributed by atoms with Gasteiger partial charge >= 0.3 is 28.2 Å². The second-order valence-corrected chi connectivity index (χ2v) is 0.571. The topological polar surface area (TPSA) is 94.6 Å². The van der Waals surface area contributed by atoms with Crippen molar-refractivity contribution < 1.29 is 28.7 Å². The van der Waals surface area contributed by atoms with Crippen molar-refractivity contribution in [1.82, 2.24) is 0 Å².